The van der Waals surface area contributed by atoms with Crippen molar-refractivity contribution >= 4 is 0 Å². The molecule has 0 aromatic carbocycles. The van der Waals surface area contributed by atoms with E-state index in [1.165, 1.54) is 24.8 Å². The number of methoxy groups -OCH3 is 2. The van der Waals surface area contributed by atoms with Crippen LogP contribution in [-0.2, 0) is 18.9 Å². The van der Waals surface area contributed by atoms with Crippen LogP contribution in [0.1, 0.15) is 52.4 Å². The zero-order valence-corrected chi connectivity index (χ0v) is 16.5. The first-order valence-corrected chi connectivity index (χ1v) is 9.42. The van der Waals surface area contributed by atoms with Gasteiger partial charge in [0.15, 0.2) is 0 Å². The van der Waals surface area contributed by atoms with E-state index >= 15 is 0 Å². The molecule has 0 N–H and O–H groups in total. The molecule has 0 saturated carbocycles. The Hall–Kier alpha value is -0.420. The average molecular weight is 345 g/mol. The van der Waals surface area contributed by atoms with Crippen molar-refractivity contribution in [3.63, 3.8) is 0 Å². The van der Waals surface area contributed by atoms with E-state index in [1.807, 2.05) is 0 Å². The van der Waals surface area contributed by atoms with Gasteiger partial charge >= 0.3 is 0 Å². The first-order chi connectivity index (χ1) is 11.6. The van der Waals surface area contributed by atoms with E-state index in [-0.39, 0.29) is 0 Å². The summed E-state index contributed by atoms with van der Waals surface area (Å²) < 4.78 is 21.1. The second-order valence-corrected chi connectivity index (χ2v) is 6.73. The molecule has 24 heavy (non-hydrogen) atoms. The third-order valence-corrected chi connectivity index (χ3v) is 4.28. The SMILES string of the molecule is C=C(CC(CCCCOCCOC)CCCOCCOC)C(C)C. The summed E-state index contributed by atoms with van der Waals surface area (Å²) in [6, 6.07) is 0. The summed E-state index contributed by atoms with van der Waals surface area (Å²) in [5.41, 5.74) is 1.37. The minimum atomic E-state index is 0.572. The fraction of sp³-hybridized carbons (Fsp3) is 0.900. The smallest absolute Gasteiger partial charge is 0.0700 e. The van der Waals surface area contributed by atoms with Gasteiger partial charge in [0, 0.05) is 27.4 Å². The number of hydrogen-bond acceptors (Lipinski definition) is 4. The van der Waals surface area contributed by atoms with E-state index in [0.717, 1.165) is 32.5 Å². The fourth-order valence-corrected chi connectivity index (χ4v) is 2.55. The van der Waals surface area contributed by atoms with Gasteiger partial charge in [-0.05, 0) is 37.5 Å². The van der Waals surface area contributed by atoms with Gasteiger partial charge in [-0.1, -0.05) is 38.8 Å². The Morgan fingerprint density at radius 3 is 1.83 bits per heavy atom. The normalized spacial score (nSPS) is 12.7. The van der Waals surface area contributed by atoms with Crippen molar-refractivity contribution in [1.82, 2.24) is 0 Å². The number of unbranched alkanes of at least 4 members (excludes halogenated alkanes) is 1. The van der Waals surface area contributed by atoms with Gasteiger partial charge in [0.05, 0.1) is 26.4 Å². The summed E-state index contributed by atoms with van der Waals surface area (Å²) in [6.45, 7) is 13.1. The maximum absolute atomic E-state index is 5.58. The summed E-state index contributed by atoms with van der Waals surface area (Å²) in [5, 5.41) is 0. The molecule has 0 aliphatic rings. The summed E-state index contributed by atoms with van der Waals surface area (Å²) >= 11 is 0. The molecule has 1 unspecified atom stereocenters. The highest BCUT2D eigenvalue weighted by Crippen LogP contribution is 2.25. The van der Waals surface area contributed by atoms with Crippen LogP contribution in [0.25, 0.3) is 0 Å². The number of ether oxygens (including phenoxy) is 4. The lowest BCUT2D eigenvalue weighted by Gasteiger charge is -2.20. The largest absolute Gasteiger partial charge is 0.382 e. The lowest BCUT2D eigenvalue weighted by atomic mass is 9.87. The molecule has 0 aromatic rings. The Morgan fingerprint density at radius 2 is 1.29 bits per heavy atom. The Bertz CT molecular complexity index is 279. The van der Waals surface area contributed by atoms with Crippen LogP contribution in [0.3, 0.4) is 0 Å². The van der Waals surface area contributed by atoms with Gasteiger partial charge in [-0.25, -0.2) is 0 Å². The van der Waals surface area contributed by atoms with Gasteiger partial charge in [-0.2, -0.15) is 0 Å². The summed E-state index contributed by atoms with van der Waals surface area (Å²) in [5.74, 6) is 1.28. The minimum Gasteiger partial charge on any atom is -0.382 e. The van der Waals surface area contributed by atoms with E-state index in [1.54, 1.807) is 14.2 Å². The predicted octanol–water partition coefficient (Wildman–Crippen LogP) is 4.48. The van der Waals surface area contributed by atoms with Gasteiger partial charge in [0.2, 0.25) is 0 Å². The second kappa shape index (κ2) is 17.4. The first-order valence-electron chi connectivity index (χ1n) is 9.42. The van der Waals surface area contributed by atoms with Crippen LogP contribution >= 0.6 is 0 Å². The number of rotatable bonds is 18. The predicted molar refractivity (Wildman–Crippen MR) is 101 cm³/mol. The van der Waals surface area contributed by atoms with Gasteiger partial charge in [-0.3, -0.25) is 0 Å². The molecule has 1 atom stereocenters. The zero-order chi connectivity index (χ0) is 18.0. The van der Waals surface area contributed by atoms with Crippen LogP contribution in [0.4, 0.5) is 0 Å². The first kappa shape index (κ1) is 23.6. The maximum Gasteiger partial charge on any atom is 0.0700 e. The molecule has 4 heteroatoms. The molecule has 0 amide bonds. The van der Waals surface area contributed by atoms with Crippen LogP contribution in [0, 0.1) is 11.8 Å². The molecule has 0 aliphatic carbocycles. The topological polar surface area (TPSA) is 36.9 Å². The lowest BCUT2D eigenvalue weighted by Crippen LogP contribution is -2.09. The van der Waals surface area contributed by atoms with Crippen LogP contribution in [0.15, 0.2) is 12.2 Å². The van der Waals surface area contributed by atoms with Crippen molar-refractivity contribution in [1.29, 1.82) is 0 Å². The molecule has 0 rings (SSSR count). The fourth-order valence-electron chi connectivity index (χ4n) is 2.55. The summed E-state index contributed by atoms with van der Waals surface area (Å²) in [4.78, 5) is 0. The summed E-state index contributed by atoms with van der Waals surface area (Å²) in [7, 11) is 3.41. The van der Waals surface area contributed by atoms with Crippen molar-refractivity contribution in [2.75, 3.05) is 53.9 Å². The maximum atomic E-state index is 5.58. The van der Waals surface area contributed by atoms with Crippen LogP contribution in [0.5, 0.6) is 0 Å². The molecule has 144 valence electrons. The molecule has 0 heterocycles. The summed E-state index contributed by atoms with van der Waals surface area (Å²) in [6.07, 6.45) is 7.05. The molecule has 0 aromatic heterocycles. The Kier molecular flexibility index (Phi) is 17.1. The third-order valence-electron chi connectivity index (χ3n) is 4.28. The van der Waals surface area contributed by atoms with E-state index in [9.17, 15) is 0 Å². The van der Waals surface area contributed by atoms with Gasteiger partial charge in [0.1, 0.15) is 0 Å². The molecule has 4 nitrogen and oxygen atoms in total. The van der Waals surface area contributed by atoms with Crippen LogP contribution in [0.2, 0.25) is 0 Å². The monoisotopic (exact) mass is 344 g/mol. The van der Waals surface area contributed by atoms with Crippen molar-refractivity contribution in [3.05, 3.63) is 12.2 Å². The quantitative estimate of drug-likeness (QED) is 0.271. The molecule has 0 fully saturated rings. The van der Waals surface area contributed by atoms with Crippen molar-refractivity contribution in [3.8, 4) is 0 Å². The van der Waals surface area contributed by atoms with E-state index in [0.29, 0.717) is 38.3 Å². The Balaban J connectivity index is 3.89. The van der Waals surface area contributed by atoms with Crippen molar-refractivity contribution in [2.24, 2.45) is 11.8 Å². The average Bonchev–Trinajstić information content (AvgIpc) is 2.56. The van der Waals surface area contributed by atoms with Crippen LogP contribution < -0.4 is 0 Å². The van der Waals surface area contributed by atoms with Crippen molar-refractivity contribution in [2.45, 2.75) is 52.4 Å². The van der Waals surface area contributed by atoms with E-state index in [4.69, 9.17) is 18.9 Å². The highest BCUT2D eigenvalue weighted by molar-refractivity contribution is 4.98. The van der Waals surface area contributed by atoms with Gasteiger partial charge in [-0.15, -0.1) is 0 Å². The molecule has 0 saturated heterocycles. The lowest BCUT2D eigenvalue weighted by molar-refractivity contribution is 0.0654. The highest BCUT2D eigenvalue weighted by Gasteiger charge is 2.12. The molecule has 0 radical (unpaired) electrons. The van der Waals surface area contributed by atoms with Crippen molar-refractivity contribution < 1.29 is 18.9 Å². The highest BCUT2D eigenvalue weighted by atomic mass is 16.5. The molecular weight excluding hydrogens is 304 g/mol. The third kappa shape index (κ3) is 15.1. The molecular formula is C20H40O4. The molecule has 0 spiro atoms. The Labute approximate surface area is 149 Å². The standard InChI is InChI=1S/C20H40O4/c1-18(2)19(3)17-20(10-8-12-24-16-14-22-5)9-6-7-11-23-15-13-21-4/h18,20H,3,6-17H2,1-2,4-5H3. The number of hydrogen-bond donors (Lipinski definition) is 0. The Morgan fingerprint density at radius 1 is 0.750 bits per heavy atom. The zero-order valence-electron chi connectivity index (χ0n) is 16.5. The van der Waals surface area contributed by atoms with Gasteiger partial charge < -0.3 is 18.9 Å². The van der Waals surface area contributed by atoms with E-state index < -0.39 is 0 Å². The number of allylic oxidation sites excluding steroid dienone is 1. The minimum absolute atomic E-state index is 0.572. The van der Waals surface area contributed by atoms with E-state index in [2.05, 4.69) is 20.4 Å². The van der Waals surface area contributed by atoms with Gasteiger partial charge in [0.25, 0.3) is 0 Å². The van der Waals surface area contributed by atoms with Crippen LogP contribution in [-0.4, -0.2) is 53.9 Å². The molecule has 0 aliphatic heterocycles. The second-order valence-electron chi connectivity index (χ2n) is 6.73. The molecule has 0 bridgehead atoms.